The van der Waals surface area contributed by atoms with Gasteiger partial charge >= 0.3 is 0 Å². The van der Waals surface area contributed by atoms with Gasteiger partial charge in [-0.05, 0) is 23.3 Å². The standard InChI is InChI=1S/C17H13NO3/c19-15-8-6-12(17(20)18-15)13-9-21-14-7-5-10-3-1-2-4-11(10)16(13)14/h1-5,7,9,12H,6,8H2,(H,18,19,20)/t12-/m1/s1. The summed E-state index contributed by atoms with van der Waals surface area (Å²) >= 11 is 0. The first-order valence-corrected chi connectivity index (χ1v) is 6.96. The fourth-order valence-electron chi connectivity index (χ4n) is 3.08. The quantitative estimate of drug-likeness (QED) is 0.696. The van der Waals surface area contributed by atoms with Crippen molar-refractivity contribution in [3.63, 3.8) is 0 Å². The van der Waals surface area contributed by atoms with Crippen molar-refractivity contribution in [2.24, 2.45) is 0 Å². The molecule has 104 valence electrons. The zero-order valence-electron chi connectivity index (χ0n) is 11.3. The molecule has 0 unspecified atom stereocenters. The van der Waals surface area contributed by atoms with Gasteiger partial charge in [-0.25, -0.2) is 0 Å². The predicted molar refractivity (Wildman–Crippen MR) is 78.8 cm³/mol. The number of fused-ring (bicyclic) bond motifs is 3. The molecular formula is C17H13NO3. The molecule has 4 rings (SSSR count). The number of piperidine rings is 1. The molecule has 2 heterocycles. The first-order chi connectivity index (χ1) is 10.2. The smallest absolute Gasteiger partial charge is 0.234 e. The maximum atomic E-state index is 12.1. The van der Waals surface area contributed by atoms with Gasteiger partial charge in [-0.3, -0.25) is 14.9 Å². The van der Waals surface area contributed by atoms with Gasteiger partial charge in [-0.15, -0.1) is 0 Å². The highest BCUT2D eigenvalue weighted by molar-refractivity contribution is 6.10. The summed E-state index contributed by atoms with van der Waals surface area (Å²) in [5.74, 6) is -0.759. The van der Waals surface area contributed by atoms with Crippen LogP contribution in [-0.4, -0.2) is 11.8 Å². The molecule has 1 fully saturated rings. The van der Waals surface area contributed by atoms with E-state index in [4.69, 9.17) is 4.42 Å². The van der Waals surface area contributed by atoms with E-state index in [-0.39, 0.29) is 17.7 Å². The number of carbonyl (C=O) groups excluding carboxylic acids is 2. The SMILES string of the molecule is O=C1CC[C@H](c2coc3ccc4ccccc4c23)C(=O)N1. The Hall–Kier alpha value is -2.62. The Labute approximate surface area is 120 Å². The molecular weight excluding hydrogens is 266 g/mol. The zero-order valence-corrected chi connectivity index (χ0v) is 11.3. The molecule has 0 aliphatic carbocycles. The van der Waals surface area contributed by atoms with Crippen molar-refractivity contribution < 1.29 is 14.0 Å². The van der Waals surface area contributed by atoms with E-state index in [0.29, 0.717) is 12.8 Å². The summed E-state index contributed by atoms with van der Waals surface area (Å²) in [5, 5.41) is 5.57. The molecule has 1 aromatic heterocycles. The molecule has 0 saturated carbocycles. The van der Waals surface area contributed by atoms with E-state index < -0.39 is 0 Å². The van der Waals surface area contributed by atoms with Gasteiger partial charge in [0.1, 0.15) is 5.58 Å². The number of hydrogen-bond donors (Lipinski definition) is 1. The summed E-state index contributed by atoms with van der Waals surface area (Å²) in [6.45, 7) is 0. The van der Waals surface area contributed by atoms with Crippen molar-refractivity contribution in [1.29, 1.82) is 0 Å². The van der Waals surface area contributed by atoms with Gasteiger partial charge in [0.2, 0.25) is 11.8 Å². The summed E-state index contributed by atoms with van der Waals surface area (Å²) in [7, 11) is 0. The molecule has 1 N–H and O–H groups in total. The molecule has 4 nitrogen and oxygen atoms in total. The third-order valence-electron chi connectivity index (χ3n) is 4.11. The van der Waals surface area contributed by atoms with E-state index in [0.717, 1.165) is 27.3 Å². The minimum atomic E-state index is -0.324. The van der Waals surface area contributed by atoms with Crippen LogP contribution in [0.25, 0.3) is 21.7 Å². The summed E-state index contributed by atoms with van der Waals surface area (Å²) in [6, 6.07) is 12.0. The van der Waals surface area contributed by atoms with Crippen LogP contribution in [0.3, 0.4) is 0 Å². The molecule has 21 heavy (non-hydrogen) atoms. The lowest BCUT2D eigenvalue weighted by Gasteiger charge is -2.20. The average molecular weight is 279 g/mol. The van der Waals surface area contributed by atoms with Crippen LogP contribution in [0.4, 0.5) is 0 Å². The lowest BCUT2D eigenvalue weighted by Crippen LogP contribution is -2.39. The number of benzene rings is 2. The molecule has 1 aliphatic rings. The van der Waals surface area contributed by atoms with Crippen molar-refractivity contribution in [3.8, 4) is 0 Å². The highest BCUT2D eigenvalue weighted by Crippen LogP contribution is 2.36. The number of rotatable bonds is 1. The summed E-state index contributed by atoms with van der Waals surface area (Å²) in [4.78, 5) is 23.4. The Morgan fingerprint density at radius 3 is 2.81 bits per heavy atom. The van der Waals surface area contributed by atoms with Crippen LogP contribution in [0.5, 0.6) is 0 Å². The van der Waals surface area contributed by atoms with Crippen molar-refractivity contribution in [2.75, 3.05) is 0 Å². The third kappa shape index (κ3) is 1.83. The van der Waals surface area contributed by atoms with Crippen molar-refractivity contribution >= 4 is 33.6 Å². The van der Waals surface area contributed by atoms with Crippen LogP contribution >= 0.6 is 0 Å². The number of carbonyl (C=O) groups is 2. The van der Waals surface area contributed by atoms with E-state index in [1.165, 1.54) is 0 Å². The Bertz CT molecular complexity index is 878. The number of amides is 2. The second kappa shape index (κ2) is 4.45. The molecule has 2 aromatic carbocycles. The van der Waals surface area contributed by atoms with E-state index in [1.807, 2.05) is 36.4 Å². The van der Waals surface area contributed by atoms with Gasteiger partial charge in [0.05, 0.1) is 12.2 Å². The van der Waals surface area contributed by atoms with Crippen LogP contribution in [0.15, 0.2) is 47.1 Å². The Kier molecular flexibility index (Phi) is 2.57. The van der Waals surface area contributed by atoms with Gasteiger partial charge in [-0.2, -0.15) is 0 Å². The molecule has 1 saturated heterocycles. The van der Waals surface area contributed by atoms with E-state index in [9.17, 15) is 9.59 Å². The Morgan fingerprint density at radius 1 is 1.10 bits per heavy atom. The zero-order chi connectivity index (χ0) is 14.4. The van der Waals surface area contributed by atoms with Gasteiger partial charge < -0.3 is 4.42 Å². The summed E-state index contributed by atoms with van der Waals surface area (Å²) < 4.78 is 5.62. The van der Waals surface area contributed by atoms with Gasteiger partial charge in [-0.1, -0.05) is 30.3 Å². The second-order valence-corrected chi connectivity index (χ2v) is 5.35. The number of imide groups is 1. The van der Waals surface area contributed by atoms with Crippen LogP contribution in [-0.2, 0) is 9.59 Å². The Balaban J connectivity index is 1.95. The molecule has 1 atom stereocenters. The predicted octanol–water partition coefficient (Wildman–Crippen LogP) is 3.11. The molecule has 0 bridgehead atoms. The first-order valence-electron chi connectivity index (χ1n) is 6.96. The van der Waals surface area contributed by atoms with Gasteiger partial charge in [0.25, 0.3) is 0 Å². The fraction of sp³-hybridized carbons (Fsp3) is 0.176. The molecule has 0 radical (unpaired) electrons. The molecule has 3 aromatic rings. The maximum absolute atomic E-state index is 12.1. The average Bonchev–Trinajstić information content (AvgIpc) is 2.91. The van der Waals surface area contributed by atoms with Gasteiger partial charge in [0, 0.05) is 17.4 Å². The first kappa shape index (κ1) is 12.1. The van der Waals surface area contributed by atoms with E-state index in [1.54, 1.807) is 6.26 Å². The monoisotopic (exact) mass is 279 g/mol. The van der Waals surface area contributed by atoms with Gasteiger partial charge in [0.15, 0.2) is 0 Å². The Morgan fingerprint density at radius 2 is 1.95 bits per heavy atom. The highest BCUT2D eigenvalue weighted by Gasteiger charge is 2.30. The van der Waals surface area contributed by atoms with Crippen LogP contribution < -0.4 is 5.32 Å². The minimum absolute atomic E-state index is 0.200. The highest BCUT2D eigenvalue weighted by atomic mass is 16.3. The van der Waals surface area contributed by atoms with Crippen molar-refractivity contribution in [3.05, 3.63) is 48.2 Å². The van der Waals surface area contributed by atoms with Crippen LogP contribution in [0.2, 0.25) is 0 Å². The lowest BCUT2D eigenvalue weighted by atomic mass is 9.89. The second-order valence-electron chi connectivity index (χ2n) is 5.35. The normalized spacial score (nSPS) is 19.1. The largest absolute Gasteiger partial charge is 0.464 e. The van der Waals surface area contributed by atoms with Crippen molar-refractivity contribution in [2.45, 2.75) is 18.8 Å². The van der Waals surface area contributed by atoms with Crippen LogP contribution in [0, 0.1) is 0 Å². The lowest BCUT2D eigenvalue weighted by molar-refractivity contribution is -0.134. The summed E-state index contributed by atoms with van der Waals surface area (Å²) in [5.41, 5.74) is 1.64. The number of furan rings is 1. The maximum Gasteiger partial charge on any atom is 0.234 e. The number of nitrogens with one attached hydrogen (secondary N) is 1. The molecule has 2 amide bonds. The molecule has 1 aliphatic heterocycles. The van der Waals surface area contributed by atoms with E-state index >= 15 is 0 Å². The molecule has 0 spiro atoms. The minimum Gasteiger partial charge on any atom is -0.464 e. The van der Waals surface area contributed by atoms with E-state index in [2.05, 4.69) is 5.32 Å². The fourth-order valence-corrected chi connectivity index (χ4v) is 3.08. The topological polar surface area (TPSA) is 59.3 Å². The van der Waals surface area contributed by atoms with Crippen LogP contribution in [0.1, 0.15) is 24.3 Å². The number of hydrogen-bond acceptors (Lipinski definition) is 3. The van der Waals surface area contributed by atoms with Crippen molar-refractivity contribution in [1.82, 2.24) is 5.32 Å². The summed E-state index contributed by atoms with van der Waals surface area (Å²) in [6.07, 6.45) is 2.55. The molecule has 4 heteroatoms. The third-order valence-corrected chi connectivity index (χ3v) is 4.11.